The lowest BCUT2D eigenvalue weighted by atomic mass is 10.00. The van der Waals surface area contributed by atoms with Crippen molar-refractivity contribution >= 4 is 11.9 Å². The fourth-order valence-electron chi connectivity index (χ4n) is 4.51. The molecule has 0 radical (unpaired) electrons. The summed E-state index contributed by atoms with van der Waals surface area (Å²) in [7, 11) is 0. The van der Waals surface area contributed by atoms with Crippen LogP contribution < -0.4 is 10.6 Å². The van der Waals surface area contributed by atoms with E-state index < -0.39 is 6.10 Å². The van der Waals surface area contributed by atoms with Crippen molar-refractivity contribution in [3.05, 3.63) is 35.4 Å². The number of carbonyl (C=O) groups excluding carboxylic acids is 1. The quantitative estimate of drug-likeness (QED) is 0.396. The monoisotopic (exact) mass is 442 g/mol. The summed E-state index contributed by atoms with van der Waals surface area (Å²) in [5, 5.41) is 17.1. The van der Waals surface area contributed by atoms with E-state index in [1.807, 2.05) is 0 Å². The van der Waals surface area contributed by atoms with Gasteiger partial charge in [0, 0.05) is 58.4 Å². The van der Waals surface area contributed by atoms with Crippen LogP contribution in [0.5, 0.6) is 0 Å². The summed E-state index contributed by atoms with van der Waals surface area (Å²) in [4.78, 5) is 23.6. The second-order valence-electron chi connectivity index (χ2n) is 9.21. The number of nitrogens with one attached hydrogen (secondary N) is 2. The third kappa shape index (κ3) is 6.67. The molecular weight excluding hydrogens is 404 g/mol. The largest absolute Gasteiger partial charge is 0.390 e. The van der Waals surface area contributed by atoms with Crippen LogP contribution in [0.1, 0.15) is 30.9 Å². The minimum Gasteiger partial charge on any atom is -0.390 e. The average molecular weight is 443 g/mol. The molecule has 8 nitrogen and oxygen atoms in total. The van der Waals surface area contributed by atoms with E-state index in [1.165, 1.54) is 11.1 Å². The Hall–Kier alpha value is -2.16. The summed E-state index contributed by atoms with van der Waals surface area (Å²) >= 11 is 0. The molecule has 1 atom stereocenters. The molecule has 0 bridgehead atoms. The lowest BCUT2D eigenvalue weighted by Gasteiger charge is -2.36. The van der Waals surface area contributed by atoms with Crippen molar-refractivity contribution in [2.24, 2.45) is 4.99 Å². The first kappa shape index (κ1) is 23.0. The molecule has 1 saturated carbocycles. The summed E-state index contributed by atoms with van der Waals surface area (Å²) in [6.45, 7) is 9.61. The lowest BCUT2D eigenvalue weighted by Crippen LogP contribution is -2.54. The Labute approximate surface area is 191 Å². The number of hydrogen-bond donors (Lipinski definition) is 3. The molecule has 3 aliphatic rings. The highest BCUT2D eigenvalue weighted by Gasteiger charge is 2.26. The molecular formula is C24H38N6O2. The molecule has 1 unspecified atom stereocenters. The molecule has 1 aromatic rings. The number of aliphatic hydroxyl groups excluding tert-OH is 1. The van der Waals surface area contributed by atoms with E-state index in [0.717, 1.165) is 71.0 Å². The van der Waals surface area contributed by atoms with Gasteiger partial charge in [0.1, 0.15) is 0 Å². The van der Waals surface area contributed by atoms with Crippen molar-refractivity contribution in [2.75, 3.05) is 58.9 Å². The summed E-state index contributed by atoms with van der Waals surface area (Å²) in [6, 6.07) is 9.00. The van der Waals surface area contributed by atoms with Crippen LogP contribution in [0.4, 0.5) is 0 Å². The normalized spacial score (nSPS) is 21.2. The van der Waals surface area contributed by atoms with Crippen LogP contribution in [0, 0.1) is 0 Å². The molecule has 1 amide bonds. The molecule has 0 spiro atoms. The van der Waals surface area contributed by atoms with Crippen LogP contribution in [-0.4, -0.2) is 103 Å². The molecule has 1 saturated heterocycles. The van der Waals surface area contributed by atoms with Gasteiger partial charge in [-0.1, -0.05) is 24.3 Å². The SMILES string of the molecule is CCNC(=NCC(O)CN1CCc2ccccc2C1)N1CCN(CC(=O)NC2CC2)CC1. The van der Waals surface area contributed by atoms with Crippen LogP contribution in [-0.2, 0) is 17.8 Å². The Morgan fingerprint density at radius 2 is 1.88 bits per heavy atom. The highest BCUT2D eigenvalue weighted by atomic mass is 16.3. The van der Waals surface area contributed by atoms with E-state index in [9.17, 15) is 9.90 Å². The maximum atomic E-state index is 12.1. The van der Waals surface area contributed by atoms with Crippen LogP contribution in [0.3, 0.4) is 0 Å². The predicted molar refractivity (Wildman–Crippen MR) is 127 cm³/mol. The maximum absolute atomic E-state index is 12.1. The second-order valence-corrected chi connectivity index (χ2v) is 9.21. The molecule has 2 aliphatic heterocycles. The number of amides is 1. The zero-order valence-electron chi connectivity index (χ0n) is 19.3. The molecule has 176 valence electrons. The smallest absolute Gasteiger partial charge is 0.234 e. The lowest BCUT2D eigenvalue weighted by molar-refractivity contribution is -0.122. The molecule has 8 heteroatoms. The molecule has 1 aromatic carbocycles. The highest BCUT2D eigenvalue weighted by molar-refractivity contribution is 5.80. The molecule has 3 N–H and O–H groups in total. The maximum Gasteiger partial charge on any atom is 0.234 e. The van der Waals surface area contributed by atoms with E-state index >= 15 is 0 Å². The summed E-state index contributed by atoms with van der Waals surface area (Å²) in [6.07, 6.45) is 2.80. The van der Waals surface area contributed by atoms with E-state index in [-0.39, 0.29) is 5.91 Å². The van der Waals surface area contributed by atoms with Crippen molar-refractivity contribution in [3.8, 4) is 0 Å². The first-order valence-electron chi connectivity index (χ1n) is 12.1. The Kier molecular flexibility index (Phi) is 8.00. The second kappa shape index (κ2) is 11.1. The van der Waals surface area contributed by atoms with E-state index in [0.29, 0.717) is 25.7 Å². The number of hydrogen-bond acceptors (Lipinski definition) is 5. The van der Waals surface area contributed by atoms with Gasteiger partial charge >= 0.3 is 0 Å². The summed E-state index contributed by atoms with van der Waals surface area (Å²) in [5.41, 5.74) is 2.79. The Balaban J connectivity index is 1.22. The van der Waals surface area contributed by atoms with Crippen molar-refractivity contribution in [2.45, 2.75) is 44.9 Å². The topological polar surface area (TPSA) is 83.4 Å². The molecule has 0 aromatic heterocycles. The van der Waals surface area contributed by atoms with Gasteiger partial charge in [-0.05, 0) is 37.3 Å². The third-order valence-corrected chi connectivity index (χ3v) is 6.45. The van der Waals surface area contributed by atoms with E-state index in [1.54, 1.807) is 0 Å². The molecule has 2 fully saturated rings. The number of β-amino-alcohol motifs (C(OH)–C–C–N with tert-alkyl or cyclic N) is 1. The number of fused-ring (bicyclic) bond motifs is 1. The minimum atomic E-state index is -0.485. The van der Waals surface area contributed by atoms with Crippen molar-refractivity contribution in [1.82, 2.24) is 25.3 Å². The van der Waals surface area contributed by atoms with Gasteiger partial charge in [0.05, 0.1) is 19.2 Å². The number of aliphatic hydroxyl groups is 1. The van der Waals surface area contributed by atoms with E-state index in [2.05, 4.69) is 56.5 Å². The zero-order valence-corrected chi connectivity index (χ0v) is 19.3. The van der Waals surface area contributed by atoms with Crippen LogP contribution in [0.15, 0.2) is 29.3 Å². The highest BCUT2D eigenvalue weighted by Crippen LogP contribution is 2.19. The molecule has 4 rings (SSSR count). The number of aliphatic imine (C=N–C) groups is 1. The Morgan fingerprint density at radius 3 is 2.59 bits per heavy atom. The third-order valence-electron chi connectivity index (χ3n) is 6.45. The first-order chi connectivity index (χ1) is 15.6. The van der Waals surface area contributed by atoms with Gasteiger partial charge in [-0.25, -0.2) is 0 Å². The Bertz CT molecular complexity index is 788. The fourth-order valence-corrected chi connectivity index (χ4v) is 4.51. The molecule has 32 heavy (non-hydrogen) atoms. The standard InChI is InChI=1S/C24H38N6O2/c1-2-25-24(30-13-11-28(12-14-30)18-23(32)27-21-7-8-21)26-15-22(31)17-29-10-9-19-5-3-4-6-20(19)16-29/h3-6,21-22,31H,2,7-18H2,1H3,(H,25,26)(H,27,32). The van der Waals surface area contributed by atoms with Crippen LogP contribution >= 0.6 is 0 Å². The summed E-state index contributed by atoms with van der Waals surface area (Å²) < 4.78 is 0. The number of benzene rings is 1. The number of piperazine rings is 1. The van der Waals surface area contributed by atoms with Crippen molar-refractivity contribution in [1.29, 1.82) is 0 Å². The van der Waals surface area contributed by atoms with Crippen molar-refractivity contribution < 1.29 is 9.90 Å². The average Bonchev–Trinajstić information content (AvgIpc) is 3.61. The summed E-state index contributed by atoms with van der Waals surface area (Å²) in [5.74, 6) is 1.00. The number of nitrogens with zero attached hydrogens (tertiary/aromatic N) is 4. The van der Waals surface area contributed by atoms with Crippen molar-refractivity contribution in [3.63, 3.8) is 0 Å². The number of rotatable bonds is 8. The number of carbonyl (C=O) groups is 1. The van der Waals surface area contributed by atoms with E-state index in [4.69, 9.17) is 4.99 Å². The van der Waals surface area contributed by atoms with Gasteiger partial charge in [-0.15, -0.1) is 0 Å². The van der Waals surface area contributed by atoms with Gasteiger partial charge < -0.3 is 20.6 Å². The molecule has 1 aliphatic carbocycles. The van der Waals surface area contributed by atoms with Crippen LogP contribution in [0.2, 0.25) is 0 Å². The van der Waals surface area contributed by atoms with Crippen LogP contribution in [0.25, 0.3) is 0 Å². The first-order valence-corrected chi connectivity index (χ1v) is 12.1. The zero-order chi connectivity index (χ0) is 22.3. The van der Waals surface area contributed by atoms with Gasteiger partial charge in [-0.3, -0.25) is 19.6 Å². The van der Waals surface area contributed by atoms with Gasteiger partial charge in [-0.2, -0.15) is 0 Å². The predicted octanol–water partition coefficient (Wildman–Crippen LogP) is 0.267. The number of guanidine groups is 1. The minimum absolute atomic E-state index is 0.144. The molecule has 2 heterocycles. The Morgan fingerprint density at radius 1 is 1.12 bits per heavy atom. The van der Waals surface area contributed by atoms with Gasteiger partial charge in [0.15, 0.2) is 5.96 Å². The van der Waals surface area contributed by atoms with Gasteiger partial charge in [0.2, 0.25) is 5.91 Å². The van der Waals surface area contributed by atoms with Gasteiger partial charge in [0.25, 0.3) is 0 Å². The fraction of sp³-hybridized carbons (Fsp3) is 0.667.